The Morgan fingerprint density at radius 2 is 1.63 bits per heavy atom. The first-order valence-corrected chi connectivity index (χ1v) is 5.21. The maximum Gasteiger partial charge on any atom is 0.373 e. The summed E-state index contributed by atoms with van der Waals surface area (Å²) in [5.41, 5.74) is 0.521. The quantitative estimate of drug-likeness (QED) is 0.823. The van der Waals surface area contributed by atoms with E-state index in [0.717, 1.165) is 0 Å². The smallest absolute Gasteiger partial charge is 0.373 e. The molecule has 0 amide bonds. The number of aromatic carboxylic acids is 2. The minimum atomic E-state index is -1.40. The van der Waals surface area contributed by atoms with Crippen LogP contribution in [0.2, 0.25) is 0 Å². The molecule has 0 aliphatic rings. The van der Waals surface area contributed by atoms with Crippen molar-refractivity contribution in [3.05, 3.63) is 47.4 Å². The molecule has 0 spiro atoms. The van der Waals surface area contributed by atoms with Crippen molar-refractivity contribution in [3.8, 4) is 23.5 Å². The highest BCUT2D eigenvalue weighted by molar-refractivity contribution is 6.00. The van der Waals surface area contributed by atoms with E-state index in [4.69, 9.17) is 21.1 Å². The van der Waals surface area contributed by atoms with Crippen LogP contribution in [0.3, 0.4) is 0 Å². The van der Waals surface area contributed by atoms with Crippen LogP contribution in [0.25, 0.3) is 11.1 Å². The Kier molecular flexibility index (Phi) is 3.08. The fourth-order valence-electron chi connectivity index (χ4n) is 1.75. The molecule has 2 aromatic rings. The van der Waals surface area contributed by atoms with Gasteiger partial charge in [0.2, 0.25) is 11.5 Å². The number of hydrogen-bond acceptors (Lipinski definition) is 3. The minimum Gasteiger partial charge on any atom is -0.475 e. The lowest BCUT2D eigenvalue weighted by molar-refractivity contribution is 0.0632. The third-order valence-electron chi connectivity index (χ3n) is 2.50. The molecule has 1 heterocycles. The van der Waals surface area contributed by atoms with Crippen LogP contribution in [0.5, 0.6) is 0 Å². The lowest BCUT2D eigenvalue weighted by atomic mass is 10.0. The lowest BCUT2D eigenvalue weighted by Crippen LogP contribution is -1.96. The summed E-state index contributed by atoms with van der Waals surface area (Å²) in [6.45, 7) is 0. The highest BCUT2D eigenvalue weighted by Gasteiger charge is 2.28. The Bertz CT molecular complexity index is 689. The highest BCUT2D eigenvalue weighted by Crippen LogP contribution is 2.32. The summed E-state index contributed by atoms with van der Waals surface area (Å²) in [5, 5.41) is 18.1. The van der Waals surface area contributed by atoms with Crippen molar-refractivity contribution in [1.82, 2.24) is 0 Å². The number of carboxylic acid groups (broad SMARTS) is 2. The molecular weight excluding hydrogens is 248 g/mol. The van der Waals surface area contributed by atoms with E-state index in [-0.39, 0.29) is 11.1 Å². The molecule has 1 aromatic carbocycles. The van der Waals surface area contributed by atoms with Crippen molar-refractivity contribution < 1.29 is 24.2 Å². The predicted molar refractivity (Wildman–Crippen MR) is 66.0 cm³/mol. The van der Waals surface area contributed by atoms with Gasteiger partial charge in [-0.1, -0.05) is 36.3 Å². The van der Waals surface area contributed by atoms with E-state index in [1.54, 1.807) is 30.3 Å². The first-order valence-electron chi connectivity index (χ1n) is 5.21. The zero-order valence-corrected chi connectivity index (χ0v) is 9.58. The topological polar surface area (TPSA) is 87.7 Å². The van der Waals surface area contributed by atoms with E-state index >= 15 is 0 Å². The molecule has 0 aliphatic carbocycles. The third-order valence-corrected chi connectivity index (χ3v) is 2.50. The van der Waals surface area contributed by atoms with Crippen molar-refractivity contribution in [1.29, 1.82) is 0 Å². The summed E-state index contributed by atoms with van der Waals surface area (Å²) in [6, 6.07) is 8.38. The van der Waals surface area contributed by atoms with Crippen molar-refractivity contribution in [2.45, 2.75) is 0 Å². The molecule has 1 aromatic heterocycles. The fraction of sp³-hybridized carbons (Fsp3) is 0. The number of rotatable bonds is 3. The summed E-state index contributed by atoms with van der Waals surface area (Å²) in [5.74, 6) is -1.61. The zero-order chi connectivity index (χ0) is 14.0. The molecule has 0 fully saturated rings. The van der Waals surface area contributed by atoms with Gasteiger partial charge in [-0.15, -0.1) is 6.42 Å². The maximum atomic E-state index is 11.1. The molecule has 5 nitrogen and oxygen atoms in total. The van der Waals surface area contributed by atoms with Gasteiger partial charge in [0.25, 0.3) is 0 Å². The van der Waals surface area contributed by atoms with Crippen LogP contribution in [-0.4, -0.2) is 22.2 Å². The average molecular weight is 256 g/mol. The SMILES string of the molecule is C#Cc1c(C(=O)O)oc(C(=O)O)c1-c1ccccc1. The van der Waals surface area contributed by atoms with Crippen LogP contribution in [0.1, 0.15) is 26.7 Å². The maximum absolute atomic E-state index is 11.1. The van der Waals surface area contributed by atoms with E-state index in [1.165, 1.54) is 0 Å². The number of hydrogen-bond donors (Lipinski definition) is 2. The molecule has 0 saturated carbocycles. The van der Waals surface area contributed by atoms with E-state index in [1.807, 2.05) is 0 Å². The summed E-state index contributed by atoms with van der Waals surface area (Å²) in [4.78, 5) is 22.2. The van der Waals surface area contributed by atoms with Gasteiger partial charge in [-0.3, -0.25) is 0 Å². The van der Waals surface area contributed by atoms with Gasteiger partial charge in [-0.25, -0.2) is 9.59 Å². The Balaban J connectivity index is 2.81. The summed E-state index contributed by atoms with van der Waals surface area (Å²) >= 11 is 0. The van der Waals surface area contributed by atoms with Crippen molar-refractivity contribution >= 4 is 11.9 Å². The normalized spacial score (nSPS) is 9.84. The second-order valence-electron chi connectivity index (χ2n) is 3.63. The van der Waals surface area contributed by atoms with Gasteiger partial charge in [0.1, 0.15) is 0 Å². The van der Waals surface area contributed by atoms with E-state index in [0.29, 0.717) is 5.56 Å². The van der Waals surface area contributed by atoms with E-state index in [2.05, 4.69) is 5.92 Å². The number of carbonyl (C=O) groups is 2. The van der Waals surface area contributed by atoms with Crippen molar-refractivity contribution in [2.75, 3.05) is 0 Å². The summed E-state index contributed by atoms with van der Waals surface area (Å²) in [6.07, 6.45) is 5.27. The molecular formula is C14H8O5. The molecule has 94 valence electrons. The third kappa shape index (κ3) is 2.07. The van der Waals surface area contributed by atoms with Gasteiger partial charge in [0.05, 0.1) is 11.1 Å². The van der Waals surface area contributed by atoms with E-state index < -0.39 is 23.5 Å². The van der Waals surface area contributed by atoms with Gasteiger partial charge in [-0.2, -0.15) is 0 Å². The van der Waals surface area contributed by atoms with Gasteiger partial charge in [0, 0.05) is 0 Å². The number of terminal acetylenes is 1. The average Bonchev–Trinajstić information content (AvgIpc) is 2.79. The van der Waals surface area contributed by atoms with E-state index in [9.17, 15) is 9.59 Å². The first-order chi connectivity index (χ1) is 9.06. The van der Waals surface area contributed by atoms with Crippen LogP contribution in [0.15, 0.2) is 34.7 Å². The monoisotopic (exact) mass is 256 g/mol. The van der Waals surface area contributed by atoms with Crippen LogP contribution >= 0.6 is 0 Å². The fourth-order valence-corrected chi connectivity index (χ4v) is 1.75. The molecule has 0 bridgehead atoms. The Morgan fingerprint density at radius 1 is 1.05 bits per heavy atom. The number of carboxylic acids is 2. The van der Waals surface area contributed by atoms with Gasteiger partial charge >= 0.3 is 11.9 Å². The molecule has 2 N–H and O–H groups in total. The van der Waals surface area contributed by atoms with Gasteiger partial charge in [-0.05, 0) is 5.56 Å². The van der Waals surface area contributed by atoms with Crippen LogP contribution < -0.4 is 0 Å². The van der Waals surface area contributed by atoms with Crippen molar-refractivity contribution in [3.63, 3.8) is 0 Å². The molecule has 0 radical (unpaired) electrons. The molecule has 0 atom stereocenters. The number of benzene rings is 1. The molecule has 0 aliphatic heterocycles. The standard InChI is InChI=1S/C14H8O5/c1-2-9-10(8-6-4-3-5-7-8)12(14(17)18)19-11(9)13(15)16/h1,3-7H,(H,15,16)(H,17,18). The second-order valence-corrected chi connectivity index (χ2v) is 3.63. The minimum absolute atomic E-state index is 0.0731. The van der Waals surface area contributed by atoms with Crippen LogP contribution in [-0.2, 0) is 0 Å². The highest BCUT2D eigenvalue weighted by atomic mass is 16.4. The molecule has 0 unspecified atom stereocenters. The summed E-state index contributed by atoms with van der Waals surface area (Å²) in [7, 11) is 0. The largest absolute Gasteiger partial charge is 0.475 e. The summed E-state index contributed by atoms with van der Waals surface area (Å²) < 4.78 is 4.87. The van der Waals surface area contributed by atoms with Crippen molar-refractivity contribution in [2.24, 2.45) is 0 Å². The number of furan rings is 1. The Hall–Kier alpha value is -3.00. The Morgan fingerprint density at radius 3 is 2.11 bits per heavy atom. The molecule has 0 saturated heterocycles. The Labute approximate surface area is 108 Å². The first kappa shape index (κ1) is 12.5. The van der Waals surface area contributed by atoms with Gasteiger partial charge in [0.15, 0.2) is 0 Å². The second kappa shape index (κ2) is 4.70. The molecule has 2 rings (SSSR count). The predicted octanol–water partition coefficient (Wildman–Crippen LogP) is 2.32. The van der Waals surface area contributed by atoms with Crippen LogP contribution in [0, 0.1) is 12.3 Å². The molecule has 19 heavy (non-hydrogen) atoms. The lowest BCUT2D eigenvalue weighted by Gasteiger charge is -2.00. The van der Waals surface area contributed by atoms with Crippen LogP contribution in [0.4, 0.5) is 0 Å². The zero-order valence-electron chi connectivity index (χ0n) is 9.58. The van der Waals surface area contributed by atoms with Gasteiger partial charge < -0.3 is 14.6 Å². The molecule has 5 heteroatoms.